The molecule has 0 amide bonds. The van der Waals surface area contributed by atoms with Gasteiger partial charge in [-0.05, 0) is 68.1 Å². The van der Waals surface area contributed by atoms with E-state index in [0.29, 0.717) is 29.1 Å². The Morgan fingerprint density at radius 3 is 2.50 bits per heavy atom. The minimum atomic E-state index is -0.107. The normalized spacial score (nSPS) is 46.9. The fourth-order valence-electron chi connectivity index (χ4n) is 5.69. The van der Waals surface area contributed by atoms with Crippen LogP contribution in [0.4, 0.5) is 0 Å². The van der Waals surface area contributed by atoms with Crippen LogP contribution >= 0.6 is 0 Å². The number of carbonyl (C=O) groups excluding carboxylic acids is 1. The Bertz CT molecular complexity index is 398. The van der Waals surface area contributed by atoms with E-state index in [1.54, 1.807) is 0 Å². The van der Waals surface area contributed by atoms with Gasteiger partial charge in [0, 0.05) is 12.5 Å². The van der Waals surface area contributed by atoms with Crippen LogP contribution < -0.4 is 0 Å². The maximum atomic E-state index is 12.8. The van der Waals surface area contributed by atoms with Gasteiger partial charge in [0.05, 0.1) is 0 Å². The number of hydrogen-bond donors (Lipinski definition) is 0. The molecule has 2 heteroatoms. The second-order valence-corrected chi connectivity index (χ2v) is 8.10. The SMILES string of the molecule is CCOC1CCCC([C@H]2C[C@@H]3CC[C@@]2(C)C3(C)C)C1=O. The van der Waals surface area contributed by atoms with Crippen molar-refractivity contribution in [3.05, 3.63) is 0 Å². The van der Waals surface area contributed by atoms with Gasteiger partial charge >= 0.3 is 0 Å². The molecule has 0 saturated heterocycles. The van der Waals surface area contributed by atoms with E-state index < -0.39 is 0 Å². The number of hydrogen-bond acceptors (Lipinski definition) is 2. The summed E-state index contributed by atoms with van der Waals surface area (Å²) in [6.45, 7) is 10.0. The molecule has 0 radical (unpaired) electrons. The van der Waals surface area contributed by atoms with E-state index in [1.165, 1.54) is 25.7 Å². The molecule has 0 spiro atoms. The first-order chi connectivity index (χ1) is 9.41. The van der Waals surface area contributed by atoms with Crippen molar-refractivity contribution < 1.29 is 9.53 Å². The largest absolute Gasteiger partial charge is 0.371 e. The topological polar surface area (TPSA) is 26.3 Å². The highest BCUT2D eigenvalue weighted by atomic mass is 16.5. The summed E-state index contributed by atoms with van der Waals surface area (Å²) >= 11 is 0. The summed E-state index contributed by atoms with van der Waals surface area (Å²) in [5, 5.41) is 0. The molecule has 0 aromatic rings. The first-order valence-corrected chi connectivity index (χ1v) is 8.57. The van der Waals surface area contributed by atoms with Crippen LogP contribution in [0.5, 0.6) is 0 Å². The molecule has 2 unspecified atom stereocenters. The molecule has 3 rings (SSSR count). The third-order valence-electron chi connectivity index (χ3n) is 7.38. The number of ketones is 1. The molecular weight excluding hydrogens is 248 g/mol. The van der Waals surface area contributed by atoms with Crippen LogP contribution in [0.1, 0.15) is 66.2 Å². The fraction of sp³-hybridized carbons (Fsp3) is 0.944. The summed E-state index contributed by atoms with van der Waals surface area (Å²) in [7, 11) is 0. The highest BCUT2D eigenvalue weighted by Crippen LogP contribution is 2.70. The Kier molecular flexibility index (Phi) is 3.52. The maximum absolute atomic E-state index is 12.8. The van der Waals surface area contributed by atoms with E-state index in [-0.39, 0.29) is 12.0 Å². The van der Waals surface area contributed by atoms with Crippen molar-refractivity contribution in [1.29, 1.82) is 0 Å². The minimum absolute atomic E-state index is 0.107. The van der Waals surface area contributed by atoms with E-state index in [2.05, 4.69) is 20.8 Å². The molecule has 3 aliphatic carbocycles. The van der Waals surface area contributed by atoms with Gasteiger partial charge in [-0.25, -0.2) is 0 Å². The highest BCUT2D eigenvalue weighted by Gasteiger charge is 2.63. The van der Waals surface area contributed by atoms with Crippen molar-refractivity contribution in [2.75, 3.05) is 6.61 Å². The summed E-state index contributed by atoms with van der Waals surface area (Å²) in [4.78, 5) is 12.8. The molecule has 114 valence electrons. The number of Topliss-reactive ketones (excluding diaryl/α,β-unsaturated/α-hetero) is 1. The quantitative estimate of drug-likeness (QED) is 0.772. The van der Waals surface area contributed by atoms with Crippen molar-refractivity contribution in [3.8, 4) is 0 Å². The lowest BCUT2D eigenvalue weighted by molar-refractivity contribution is -0.142. The molecule has 0 aromatic carbocycles. The van der Waals surface area contributed by atoms with Crippen LogP contribution in [-0.2, 0) is 9.53 Å². The molecule has 0 N–H and O–H groups in total. The van der Waals surface area contributed by atoms with E-state index in [1.807, 2.05) is 6.92 Å². The molecule has 0 aliphatic heterocycles. The first kappa shape index (κ1) is 14.6. The molecular formula is C18H30O2. The number of fused-ring (bicyclic) bond motifs is 2. The van der Waals surface area contributed by atoms with Gasteiger partial charge in [0.1, 0.15) is 6.10 Å². The Labute approximate surface area is 123 Å². The van der Waals surface area contributed by atoms with Crippen LogP contribution in [0, 0.1) is 28.6 Å². The van der Waals surface area contributed by atoms with Gasteiger partial charge < -0.3 is 4.74 Å². The molecule has 5 atom stereocenters. The lowest BCUT2D eigenvalue weighted by Gasteiger charge is -2.44. The van der Waals surface area contributed by atoms with Crippen LogP contribution in [0.15, 0.2) is 0 Å². The minimum Gasteiger partial charge on any atom is -0.371 e. The summed E-state index contributed by atoms with van der Waals surface area (Å²) in [5.41, 5.74) is 0.780. The average Bonchev–Trinajstić information content (AvgIpc) is 2.74. The van der Waals surface area contributed by atoms with Gasteiger partial charge in [-0.2, -0.15) is 0 Å². The van der Waals surface area contributed by atoms with Crippen molar-refractivity contribution in [2.45, 2.75) is 72.3 Å². The number of carbonyl (C=O) groups is 1. The van der Waals surface area contributed by atoms with E-state index >= 15 is 0 Å². The smallest absolute Gasteiger partial charge is 0.164 e. The zero-order valence-electron chi connectivity index (χ0n) is 13.6. The standard InChI is InChI=1S/C18H30O2/c1-5-20-15-8-6-7-13(16(15)19)14-11-12-9-10-18(14,4)17(12,2)3/h12-15H,5-11H2,1-4H3/t12-,13?,14+,15?,18+/m0/s1. The third kappa shape index (κ3) is 1.83. The second kappa shape index (κ2) is 4.83. The molecule has 2 bridgehead atoms. The summed E-state index contributed by atoms with van der Waals surface area (Å²) < 4.78 is 5.70. The van der Waals surface area contributed by atoms with Crippen LogP contribution in [-0.4, -0.2) is 18.5 Å². The van der Waals surface area contributed by atoms with Gasteiger partial charge in [-0.3, -0.25) is 4.79 Å². The van der Waals surface area contributed by atoms with Crippen molar-refractivity contribution in [3.63, 3.8) is 0 Å². The molecule has 3 fully saturated rings. The van der Waals surface area contributed by atoms with Crippen molar-refractivity contribution >= 4 is 5.78 Å². The van der Waals surface area contributed by atoms with E-state index in [0.717, 1.165) is 18.8 Å². The molecule has 2 nitrogen and oxygen atoms in total. The van der Waals surface area contributed by atoms with Crippen molar-refractivity contribution in [2.24, 2.45) is 28.6 Å². The molecule has 0 aromatic heterocycles. The monoisotopic (exact) mass is 278 g/mol. The molecule has 3 saturated carbocycles. The highest BCUT2D eigenvalue weighted by molar-refractivity contribution is 5.86. The van der Waals surface area contributed by atoms with E-state index in [9.17, 15) is 4.79 Å². The average molecular weight is 278 g/mol. The Balaban J connectivity index is 1.82. The zero-order chi connectivity index (χ0) is 14.5. The lowest BCUT2D eigenvalue weighted by Crippen LogP contribution is -2.44. The summed E-state index contributed by atoms with van der Waals surface area (Å²) in [6.07, 6.45) is 7.07. The van der Waals surface area contributed by atoms with E-state index in [4.69, 9.17) is 4.74 Å². The fourth-order valence-corrected chi connectivity index (χ4v) is 5.69. The van der Waals surface area contributed by atoms with Crippen LogP contribution in [0.25, 0.3) is 0 Å². The van der Waals surface area contributed by atoms with Crippen LogP contribution in [0.2, 0.25) is 0 Å². The number of ether oxygens (including phenoxy) is 1. The second-order valence-electron chi connectivity index (χ2n) is 8.10. The van der Waals surface area contributed by atoms with Gasteiger partial charge in [-0.15, -0.1) is 0 Å². The zero-order valence-corrected chi connectivity index (χ0v) is 13.6. The van der Waals surface area contributed by atoms with Gasteiger partial charge in [0.2, 0.25) is 0 Å². The van der Waals surface area contributed by atoms with Gasteiger partial charge in [-0.1, -0.05) is 20.8 Å². The van der Waals surface area contributed by atoms with Gasteiger partial charge in [0.25, 0.3) is 0 Å². The van der Waals surface area contributed by atoms with Gasteiger partial charge in [0.15, 0.2) is 5.78 Å². The molecule has 0 heterocycles. The predicted octanol–water partition coefficient (Wildman–Crippen LogP) is 4.22. The molecule has 20 heavy (non-hydrogen) atoms. The van der Waals surface area contributed by atoms with Crippen molar-refractivity contribution in [1.82, 2.24) is 0 Å². The Morgan fingerprint density at radius 1 is 1.20 bits per heavy atom. The third-order valence-corrected chi connectivity index (χ3v) is 7.38. The first-order valence-electron chi connectivity index (χ1n) is 8.57. The summed E-state index contributed by atoms with van der Waals surface area (Å²) in [6, 6.07) is 0. The number of rotatable bonds is 3. The van der Waals surface area contributed by atoms with Crippen LogP contribution in [0.3, 0.4) is 0 Å². The predicted molar refractivity (Wildman–Crippen MR) is 80.5 cm³/mol. The Hall–Kier alpha value is -0.370. The summed E-state index contributed by atoms with van der Waals surface area (Å²) in [5.74, 6) is 2.13. The Morgan fingerprint density at radius 2 is 1.95 bits per heavy atom. The lowest BCUT2D eigenvalue weighted by atomic mass is 9.60. The molecule has 3 aliphatic rings. The maximum Gasteiger partial charge on any atom is 0.164 e.